The van der Waals surface area contributed by atoms with Crippen LogP contribution >= 0.6 is 0 Å². The Morgan fingerprint density at radius 3 is 2.64 bits per heavy atom. The molecule has 1 aromatic rings. The number of hydrogen-bond acceptors (Lipinski definition) is 3. The Balaban J connectivity index is 3.43. The second-order valence-electron chi connectivity index (χ2n) is 2.61. The van der Waals surface area contributed by atoms with Gasteiger partial charge in [0.1, 0.15) is 0 Å². The van der Waals surface area contributed by atoms with Crippen LogP contribution in [0.25, 0.3) is 10.4 Å². The molecule has 0 saturated heterocycles. The molecule has 0 bridgehead atoms. The molecule has 7 heteroatoms. The van der Waals surface area contributed by atoms with Crippen LogP contribution in [0.4, 0.5) is 5.69 Å². The summed E-state index contributed by atoms with van der Waals surface area (Å²) >= 11 is 0. The third-order valence-electron chi connectivity index (χ3n) is 1.61. The Labute approximate surface area is 80.6 Å². The zero-order valence-corrected chi connectivity index (χ0v) is 8.06. The van der Waals surface area contributed by atoms with Gasteiger partial charge in [0.2, 0.25) is 0 Å². The van der Waals surface area contributed by atoms with E-state index in [0.29, 0.717) is 5.56 Å². The van der Waals surface area contributed by atoms with Crippen molar-refractivity contribution in [3.05, 3.63) is 34.2 Å². The van der Waals surface area contributed by atoms with E-state index < -0.39 is 10.1 Å². The minimum Gasteiger partial charge on any atom is -0.282 e. The zero-order valence-electron chi connectivity index (χ0n) is 7.25. The van der Waals surface area contributed by atoms with Gasteiger partial charge in [-0.2, -0.15) is 8.42 Å². The number of rotatable bonds is 2. The fourth-order valence-electron chi connectivity index (χ4n) is 0.981. The van der Waals surface area contributed by atoms with Gasteiger partial charge in [-0.1, -0.05) is 17.2 Å². The summed E-state index contributed by atoms with van der Waals surface area (Å²) in [5, 5.41) is 3.23. The Morgan fingerprint density at radius 1 is 1.50 bits per heavy atom. The van der Waals surface area contributed by atoms with Crippen LogP contribution < -0.4 is 0 Å². The third-order valence-corrected chi connectivity index (χ3v) is 2.61. The molecule has 0 aliphatic heterocycles. The van der Waals surface area contributed by atoms with Gasteiger partial charge in [-0.3, -0.25) is 4.55 Å². The fraction of sp³-hybridized carbons (Fsp3) is 0.143. The molecule has 0 saturated carbocycles. The molecule has 0 heterocycles. The van der Waals surface area contributed by atoms with Gasteiger partial charge in [0.05, 0.1) is 4.90 Å². The van der Waals surface area contributed by atoms with E-state index in [9.17, 15) is 8.42 Å². The minimum absolute atomic E-state index is 0.144. The second-order valence-corrected chi connectivity index (χ2v) is 4.00. The summed E-state index contributed by atoms with van der Waals surface area (Å²) in [6.45, 7) is 1.53. The van der Waals surface area contributed by atoms with Crippen molar-refractivity contribution in [2.45, 2.75) is 11.8 Å². The fourth-order valence-corrected chi connectivity index (χ4v) is 1.73. The first-order valence-electron chi connectivity index (χ1n) is 3.58. The van der Waals surface area contributed by atoms with Gasteiger partial charge in [0.25, 0.3) is 10.1 Å². The molecule has 0 unspecified atom stereocenters. The van der Waals surface area contributed by atoms with E-state index >= 15 is 0 Å². The highest BCUT2D eigenvalue weighted by molar-refractivity contribution is 7.85. The molecule has 0 amide bonds. The second kappa shape index (κ2) is 3.67. The summed E-state index contributed by atoms with van der Waals surface area (Å²) in [6.07, 6.45) is 0. The number of hydrogen-bond donors (Lipinski definition) is 1. The summed E-state index contributed by atoms with van der Waals surface area (Å²) in [6, 6.07) is 4.03. The standard InChI is InChI=1S/C7H7N3O3S/c1-5-2-3-6(9-10-8)4-7(5)14(11,12)13/h2-4H,1H3,(H,11,12,13). The van der Waals surface area contributed by atoms with E-state index in [1.807, 2.05) is 0 Å². The highest BCUT2D eigenvalue weighted by atomic mass is 32.2. The first kappa shape index (κ1) is 10.5. The molecule has 1 aromatic carbocycles. The molecular weight excluding hydrogens is 206 g/mol. The zero-order chi connectivity index (χ0) is 10.8. The molecule has 0 atom stereocenters. The minimum atomic E-state index is -4.26. The molecule has 0 spiro atoms. The maximum Gasteiger partial charge on any atom is 0.294 e. The van der Waals surface area contributed by atoms with Crippen molar-refractivity contribution in [2.75, 3.05) is 0 Å². The summed E-state index contributed by atoms with van der Waals surface area (Å²) in [5.41, 5.74) is 8.67. The van der Waals surface area contributed by atoms with E-state index in [-0.39, 0.29) is 10.6 Å². The molecule has 0 radical (unpaired) electrons. The average molecular weight is 213 g/mol. The molecule has 74 valence electrons. The van der Waals surface area contributed by atoms with Crippen molar-refractivity contribution in [1.29, 1.82) is 0 Å². The van der Waals surface area contributed by atoms with Gasteiger partial charge in [0.15, 0.2) is 0 Å². The average Bonchev–Trinajstić information content (AvgIpc) is 2.07. The third kappa shape index (κ3) is 2.23. The lowest BCUT2D eigenvalue weighted by Crippen LogP contribution is -2.00. The Morgan fingerprint density at radius 2 is 2.14 bits per heavy atom. The highest BCUT2D eigenvalue weighted by Gasteiger charge is 2.12. The largest absolute Gasteiger partial charge is 0.294 e. The van der Waals surface area contributed by atoms with Gasteiger partial charge >= 0.3 is 0 Å². The van der Waals surface area contributed by atoms with Gasteiger partial charge < -0.3 is 0 Å². The lowest BCUT2D eigenvalue weighted by atomic mass is 10.2. The Bertz CT molecular complexity index is 503. The predicted octanol–water partition coefficient (Wildman–Crippen LogP) is 2.18. The topological polar surface area (TPSA) is 103 Å². The smallest absolute Gasteiger partial charge is 0.282 e. The summed E-state index contributed by atoms with van der Waals surface area (Å²) < 4.78 is 30.5. The molecule has 0 aliphatic carbocycles. The Hall–Kier alpha value is -1.56. The van der Waals surface area contributed by atoms with Crippen molar-refractivity contribution in [3.8, 4) is 0 Å². The van der Waals surface area contributed by atoms with Crippen LogP contribution in [0.3, 0.4) is 0 Å². The Kier molecular flexibility index (Phi) is 2.76. The molecular formula is C7H7N3O3S. The van der Waals surface area contributed by atoms with Crippen LogP contribution in [0.1, 0.15) is 5.56 Å². The van der Waals surface area contributed by atoms with Crippen molar-refractivity contribution >= 4 is 15.8 Å². The summed E-state index contributed by atoms with van der Waals surface area (Å²) in [5.74, 6) is 0. The maximum absolute atomic E-state index is 10.8. The van der Waals surface area contributed by atoms with Gasteiger partial charge in [-0.15, -0.1) is 0 Å². The van der Waals surface area contributed by atoms with Gasteiger partial charge in [-0.25, -0.2) is 0 Å². The number of nitrogens with zero attached hydrogens (tertiary/aromatic N) is 3. The molecule has 14 heavy (non-hydrogen) atoms. The highest BCUT2D eigenvalue weighted by Crippen LogP contribution is 2.21. The first-order valence-corrected chi connectivity index (χ1v) is 5.02. The van der Waals surface area contributed by atoms with Crippen LogP contribution in [0.15, 0.2) is 28.2 Å². The quantitative estimate of drug-likeness (QED) is 0.352. The van der Waals surface area contributed by atoms with Crippen LogP contribution in [-0.2, 0) is 10.1 Å². The molecule has 1 rings (SSSR count). The SMILES string of the molecule is Cc1ccc(N=[N+]=[N-])cc1S(=O)(=O)O. The first-order chi connectivity index (χ1) is 6.45. The molecule has 0 aliphatic rings. The number of benzene rings is 1. The van der Waals surface area contributed by atoms with Crippen molar-refractivity contribution in [2.24, 2.45) is 5.11 Å². The van der Waals surface area contributed by atoms with E-state index in [4.69, 9.17) is 10.1 Å². The molecule has 0 fully saturated rings. The van der Waals surface area contributed by atoms with E-state index in [1.165, 1.54) is 19.1 Å². The maximum atomic E-state index is 10.8. The van der Waals surface area contributed by atoms with Crippen LogP contribution in [0.5, 0.6) is 0 Å². The monoisotopic (exact) mass is 213 g/mol. The number of aryl methyl sites for hydroxylation is 1. The van der Waals surface area contributed by atoms with E-state index in [0.717, 1.165) is 6.07 Å². The van der Waals surface area contributed by atoms with Gasteiger partial charge in [0, 0.05) is 10.6 Å². The van der Waals surface area contributed by atoms with Crippen LogP contribution in [-0.4, -0.2) is 13.0 Å². The molecule has 6 nitrogen and oxygen atoms in total. The number of azide groups is 1. The normalized spacial score (nSPS) is 10.7. The van der Waals surface area contributed by atoms with Gasteiger partial charge in [-0.05, 0) is 24.1 Å². The van der Waals surface area contributed by atoms with Crippen molar-refractivity contribution in [1.82, 2.24) is 0 Å². The van der Waals surface area contributed by atoms with E-state index in [2.05, 4.69) is 10.0 Å². The molecule has 1 N–H and O–H groups in total. The van der Waals surface area contributed by atoms with Crippen LogP contribution in [0.2, 0.25) is 0 Å². The predicted molar refractivity (Wildman–Crippen MR) is 49.8 cm³/mol. The van der Waals surface area contributed by atoms with Crippen molar-refractivity contribution < 1.29 is 13.0 Å². The molecule has 0 aromatic heterocycles. The van der Waals surface area contributed by atoms with E-state index in [1.54, 1.807) is 0 Å². The summed E-state index contributed by atoms with van der Waals surface area (Å²) in [7, 11) is -4.26. The van der Waals surface area contributed by atoms with Crippen LogP contribution in [0, 0.1) is 6.92 Å². The lowest BCUT2D eigenvalue weighted by molar-refractivity contribution is 0.482. The van der Waals surface area contributed by atoms with Crippen molar-refractivity contribution in [3.63, 3.8) is 0 Å². The summed E-state index contributed by atoms with van der Waals surface area (Å²) in [4.78, 5) is 2.26. The lowest BCUT2D eigenvalue weighted by Gasteiger charge is -2.02.